The Bertz CT molecular complexity index is 355. The molecule has 15 heavy (non-hydrogen) atoms. The predicted octanol–water partition coefficient (Wildman–Crippen LogP) is 1.64. The Morgan fingerprint density at radius 1 is 1.40 bits per heavy atom. The highest BCUT2D eigenvalue weighted by atomic mass is 35.5. The molecule has 4 nitrogen and oxygen atoms in total. The van der Waals surface area contributed by atoms with Crippen LogP contribution in [0.1, 0.15) is 30.3 Å². The third-order valence-electron chi connectivity index (χ3n) is 2.78. The first-order chi connectivity index (χ1) is 7.16. The van der Waals surface area contributed by atoms with Crippen molar-refractivity contribution in [3.8, 4) is 0 Å². The normalized spacial score (nSPS) is 23.0. The molecule has 1 aromatic rings. The van der Waals surface area contributed by atoms with E-state index in [0.29, 0.717) is 16.9 Å². The van der Waals surface area contributed by atoms with Crippen LogP contribution in [0.4, 0.5) is 0 Å². The molecule has 1 aliphatic heterocycles. The summed E-state index contributed by atoms with van der Waals surface area (Å²) in [5, 5.41) is 8.66. The van der Waals surface area contributed by atoms with E-state index >= 15 is 0 Å². The molecule has 0 bridgehead atoms. The van der Waals surface area contributed by atoms with Gasteiger partial charge in [-0.15, -0.1) is 5.10 Å². The van der Waals surface area contributed by atoms with Crippen molar-refractivity contribution < 1.29 is 0 Å². The van der Waals surface area contributed by atoms with Crippen LogP contribution in [0.3, 0.4) is 0 Å². The molecule has 2 heterocycles. The number of hydrogen-bond acceptors (Lipinski definition) is 4. The van der Waals surface area contributed by atoms with E-state index in [1.165, 1.54) is 6.42 Å². The van der Waals surface area contributed by atoms with E-state index in [1.54, 1.807) is 6.92 Å². The Kier molecular flexibility index (Phi) is 3.17. The highest BCUT2D eigenvalue weighted by Crippen LogP contribution is 2.28. The summed E-state index contributed by atoms with van der Waals surface area (Å²) in [6, 6.07) is 0. The number of likely N-dealkylation sites (N-methyl/N-ethyl adjacent to an activating group) is 1. The fourth-order valence-electron chi connectivity index (χ4n) is 2.03. The molecule has 0 spiro atoms. The highest BCUT2D eigenvalue weighted by molar-refractivity contribution is 6.30. The van der Waals surface area contributed by atoms with E-state index in [0.717, 1.165) is 25.2 Å². The van der Waals surface area contributed by atoms with Crippen molar-refractivity contribution >= 4 is 11.6 Å². The topological polar surface area (TPSA) is 41.9 Å². The molecule has 1 atom stereocenters. The van der Waals surface area contributed by atoms with Gasteiger partial charge in [0.05, 0.1) is 0 Å². The van der Waals surface area contributed by atoms with E-state index in [9.17, 15) is 0 Å². The Morgan fingerprint density at radius 3 is 2.87 bits per heavy atom. The standard InChI is InChI=1S/C10H15ClN4/c1-7-12-10(11)9(14-13-7)8-4-3-5-15(2)6-8/h8H,3-6H2,1-2H3. The van der Waals surface area contributed by atoms with Crippen LogP contribution in [0.15, 0.2) is 0 Å². The summed E-state index contributed by atoms with van der Waals surface area (Å²) in [6.45, 7) is 3.95. The first-order valence-corrected chi connectivity index (χ1v) is 5.60. The van der Waals surface area contributed by atoms with Crippen molar-refractivity contribution in [3.63, 3.8) is 0 Å². The van der Waals surface area contributed by atoms with Gasteiger partial charge in [-0.25, -0.2) is 4.98 Å². The van der Waals surface area contributed by atoms with Crippen LogP contribution in [-0.4, -0.2) is 40.2 Å². The maximum atomic E-state index is 6.08. The van der Waals surface area contributed by atoms with Crippen LogP contribution in [0, 0.1) is 6.92 Å². The Hall–Kier alpha value is -0.740. The Balaban J connectivity index is 2.21. The second-order valence-electron chi connectivity index (χ2n) is 4.14. The number of hydrogen-bond donors (Lipinski definition) is 0. The Labute approximate surface area is 94.7 Å². The summed E-state index contributed by atoms with van der Waals surface area (Å²) in [4.78, 5) is 6.44. The number of rotatable bonds is 1. The van der Waals surface area contributed by atoms with E-state index in [4.69, 9.17) is 11.6 Å². The fourth-order valence-corrected chi connectivity index (χ4v) is 2.34. The average Bonchev–Trinajstić information content (AvgIpc) is 2.17. The maximum absolute atomic E-state index is 6.08. The quantitative estimate of drug-likeness (QED) is 0.730. The zero-order valence-electron chi connectivity index (χ0n) is 9.07. The van der Waals surface area contributed by atoms with Gasteiger partial charge in [0.25, 0.3) is 0 Å². The van der Waals surface area contributed by atoms with Gasteiger partial charge in [0.15, 0.2) is 5.15 Å². The lowest BCUT2D eigenvalue weighted by atomic mass is 9.95. The second-order valence-corrected chi connectivity index (χ2v) is 4.49. The second kappa shape index (κ2) is 4.41. The van der Waals surface area contributed by atoms with Crippen LogP contribution >= 0.6 is 11.6 Å². The van der Waals surface area contributed by atoms with Gasteiger partial charge in [-0.3, -0.25) is 0 Å². The first kappa shape index (κ1) is 10.8. The molecular formula is C10H15ClN4. The maximum Gasteiger partial charge on any atom is 0.154 e. The summed E-state index contributed by atoms with van der Waals surface area (Å²) < 4.78 is 0. The SMILES string of the molecule is Cc1nnc(C2CCCN(C)C2)c(Cl)n1. The molecule has 0 N–H and O–H groups in total. The lowest BCUT2D eigenvalue weighted by Crippen LogP contribution is -2.31. The largest absolute Gasteiger partial charge is 0.306 e. The molecule has 0 amide bonds. The van der Waals surface area contributed by atoms with Gasteiger partial charge in [0.2, 0.25) is 0 Å². The molecule has 1 aromatic heterocycles. The number of aryl methyl sites for hydroxylation is 1. The number of likely N-dealkylation sites (tertiary alicyclic amines) is 1. The smallest absolute Gasteiger partial charge is 0.154 e. The first-order valence-electron chi connectivity index (χ1n) is 5.22. The van der Waals surface area contributed by atoms with E-state index in [1.807, 2.05) is 0 Å². The molecule has 1 saturated heterocycles. The number of aromatic nitrogens is 3. The minimum atomic E-state index is 0.386. The summed E-state index contributed by atoms with van der Waals surface area (Å²) in [7, 11) is 2.12. The highest BCUT2D eigenvalue weighted by Gasteiger charge is 2.23. The van der Waals surface area contributed by atoms with E-state index < -0.39 is 0 Å². The van der Waals surface area contributed by atoms with E-state index in [2.05, 4.69) is 27.1 Å². The fraction of sp³-hybridized carbons (Fsp3) is 0.700. The van der Waals surface area contributed by atoms with Crippen LogP contribution in [0.25, 0.3) is 0 Å². The predicted molar refractivity (Wildman–Crippen MR) is 59.0 cm³/mol. The van der Waals surface area contributed by atoms with E-state index in [-0.39, 0.29) is 0 Å². The molecule has 0 aromatic carbocycles. The molecule has 0 aliphatic carbocycles. The van der Waals surface area contributed by atoms with Crippen molar-refractivity contribution in [1.82, 2.24) is 20.1 Å². The lowest BCUT2D eigenvalue weighted by Gasteiger charge is -2.29. The zero-order valence-corrected chi connectivity index (χ0v) is 9.83. The van der Waals surface area contributed by atoms with Crippen molar-refractivity contribution in [3.05, 3.63) is 16.7 Å². The zero-order chi connectivity index (χ0) is 10.8. The Morgan fingerprint density at radius 2 is 2.20 bits per heavy atom. The summed E-state index contributed by atoms with van der Waals surface area (Å²) in [5.41, 5.74) is 0.855. The molecule has 0 radical (unpaired) electrons. The summed E-state index contributed by atoms with van der Waals surface area (Å²) in [5.74, 6) is 1.02. The minimum absolute atomic E-state index is 0.386. The molecule has 1 aliphatic rings. The van der Waals surface area contributed by atoms with Crippen molar-refractivity contribution in [2.24, 2.45) is 0 Å². The van der Waals surface area contributed by atoms with Gasteiger partial charge in [0, 0.05) is 12.5 Å². The summed E-state index contributed by atoms with van der Waals surface area (Å²) >= 11 is 6.08. The van der Waals surface area contributed by atoms with Gasteiger partial charge < -0.3 is 4.90 Å². The van der Waals surface area contributed by atoms with Gasteiger partial charge >= 0.3 is 0 Å². The molecule has 1 fully saturated rings. The number of nitrogens with zero attached hydrogens (tertiary/aromatic N) is 4. The van der Waals surface area contributed by atoms with Gasteiger partial charge in [0.1, 0.15) is 11.5 Å². The van der Waals surface area contributed by atoms with Crippen LogP contribution < -0.4 is 0 Å². The third kappa shape index (κ3) is 2.44. The van der Waals surface area contributed by atoms with Crippen molar-refractivity contribution in [2.45, 2.75) is 25.7 Å². The molecule has 1 unspecified atom stereocenters. The minimum Gasteiger partial charge on any atom is -0.306 e. The van der Waals surface area contributed by atoms with Gasteiger partial charge in [-0.1, -0.05) is 11.6 Å². The number of halogens is 1. The van der Waals surface area contributed by atoms with Crippen LogP contribution in [0.5, 0.6) is 0 Å². The lowest BCUT2D eigenvalue weighted by molar-refractivity contribution is 0.247. The monoisotopic (exact) mass is 226 g/mol. The van der Waals surface area contributed by atoms with Gasteiger partial charge in [-0.2, -0.15) is 5.10 Å². The van der Waals surface area contributed by atoms with Crippen molar-refractivity contribution in [2.75, 3.05) is 20.1 Å². The molecule has 2 rings (SSSR count). The van der Waals surface area contributed by atoms with Crippen LogP contribution in [0.2, 0.25) is 5.15 Å². The van der Waals surface area contributed by atoms with Crippen LogP contribution in [-0.2, 0) is 0 Å². The summed E-state index contributed by atoms with van der Waals surface area (Å²) in [6.07, 6.45) is 2.32. The third-order valence-corrected chi connectivity index (χ3v) is 3.06. The van der Waals surface area contributed by atoms with Gasteiger partial charge in [-0.05, 0) is 33.4 Å². The molecule has 0 saturated carbocycles. The number of piperidine rings is 1. The molecular weight excluding hydrogens is 212 g/mol. The molecule has 5 heteroatoms. The van der Waals surface area contributed by atoms with Crippen molar-refractivity contribution in [1.29, 1.82) is 0 Å². The molecule has 82 valence electrons. The average molecular weight is 227 g/mol.